The van der Waals surface area contributed by atoms with Gasteiger partial charge >= 0.3 is 0 Å². The summed E-state index contributed by atoms with van der Waals surface area (Å²) < 4.78 is 13.3. The van der Waals surface area contributed by atoms with Crippen LogP contribution in [0.2, 0.25) is 0 Å². The van der Waals surface area contributed by atoms with Gasteiger partial charge in [0.1, 0.15) is 11.5 Å². The van der Waals surface area contributed by atoms with Crippen LogP contribution in [0.1, 0.15) is 15.4 Å². The molecule has 2 aromatic heterocycles. The lowest BCUT2D eigenvalue weighted by molar-refractivity contribution is 0.0980. The van der Waals surface area contributed by atoms with Crippen LogP contribution < -0.4 is 4.90 Å². The summed E-state index contributed by atoms with van der Waals surface area (Å²) in [6.45, 7) is 0.386. The van der Waals surface area contributed by atoms with Gasteiger partial charge < -0.3 is 4.90 Å². The maximum absolute atomic E-state index is 13.3. The Bertz CT molecular complexity index is 1050. The molecule has 0 aliphatic carbocycles. The minimum Gasteiger partial charge on any atom is -0.302 e. The van der Waals surface area contributed by atoms with E-state index >= 15 is 0 Å². The molecular formula is C20H14FN3OS. The maximum Gasteiger partial charge on any atom is 0.278 e. The lowest BCUT2D eigenvalue weighted by Gasteiger charge is -2.22. The largest absolute Gasteiger partial charge is 0.302 e. The number of aromatic nitrogens is 2. The Labute approximate surface area is 153 Å². The van der Waals surface area contributed by atoms with Gasteiger partial charge in [-0.05, 0) is 47.8 Å². The summed E-state index contributed by atoms with van der Waals surface area (Å²) in [5, 5.41) is 1.96. The number of para-hydroxylation sites is 2. The molecule has 0 radical (unpaired) electrons. The minimum absolute atomic E-state index is 0.254. The molecule has 0 N–H and O–H groups in total. The summed E-state index contributed by atoms with van der Waals surface area (Å²) in [7, 11) is 0. The van der Waals surface area contributed by atoms with Crippen LogP contribution in [-0.4, -0.2) is 15.9 Å². The number of nitrogens with zero attached hydrogens (tertiary/aromatic N) is 3. The molecule has 0 aliphatic rings. The van der Waals surface area contributed by atoms with Crippen molar-refractivity contribution in [1.29, 1.82) is 0 Å². The Kier molecular flexibility index (Phi) is 4.41. The molecular weight excluding hydrogens is 349 g/mol. The van der Waals surface area contributed by atoms with E-state index in [4.69, 9.17) is 0 Å². The molecule has 0 unspecified atom stereocenters. The average molecular weight is 363 g/mol. The Morgan fingerprint density at radius 3 is 2.50 bits per heavy atom. The second kappa shape index (κ2) is 7.01. The zero-order valence-electron chi connectivity index (χ0n) is 13.7. The fourth-order valence-corrected chi connectivity index (χ4v) is 3.35. The topological polar surface area (TPSA) is 46.1 Å². The quantitative estimate of drug-likeness (QED) is 0.529. The zero-order valence-corrected chi connectivity index (χ0v) is 14.5. The van der Waals surface area contributed by atoms with Crippen LogP contribution in [0, 0.1) is 5.82 Å². The number of halogens is 1. The van der Waals surface area contributed by atoms with Gasteiger partial charge in [-0.15, -0.1) is 11.3 Å². The molecule has 0 saturated carbocycles. The van der Waals surface area contributed by atoms with Crippen molar-refractivity contribution in [3.8, 4) is 0 Å². The van der Waals surface area contributed by atoms with E-state index in [0.717, 1.165) is 10.4 Å². The van der Waals surface area contributed by atoms with Gasteiger partial charge in [-0.2, -0.15) is 0 Å². The number of carbonyl (C=O) groups excluding carboxylic acids is 1. The highest BCUT2D eigenvalue weighted by atomic mass is 32.1. The normalized spacial score (nSPS) is 10.8. The highest BCUT2D eigenvalue weighted by molar-refractivity contribution is 7.09. The van der Waals surface area contributed by atoms with Gasteiger partial charge in [-0.3, -0.25) is 9.78 Å². The third-order valence-corrected chi connectivity index (χ3v) is 4.81. The molecule has 1 amide bonds. The summed E-state index contributed by atoms with van der Waals surface area (Å²) in [4.78, 5) is 24.5. The standard InChI is InChI=1S/C20H14FN3OS/c21-14-7-9-15(10-8-14)24(13-16-4-3-11-26-16)20(25)19-12-22-17-5-1-2-6-18(17)23-19/h1-12H,13H2. The van der Waals surface area contributed by atoms with Crippen molar-refractivity contribution in [2.45, 2.75) is 6.54 Å². The summed E-state index contributed by atoms with van der Waals surface area (Å²) >= 11 is 1.56. The first-order chi connectivity index (χ1) is 12.7. The molecule has 2 aromatic carbocycles. The van der Waals surface area contributed by atoms with Crippen molar-refractivity contribution >= 4 is 34.0 Å². The summed E-state index contributed by atoms with van der Waals surface area (Å²) in [6.07, 6.45) is 1.48. The molecule has 0 aliphatic heterocycles. The van der Waals surface area contributed by atoms with E-state index < -0.39 is 0 Å². The SMILES string of the molecule is O=C(c1cnc2ccccc2n1)N(Cc1cccs1)c1ccc(F)cc1. The summed E-state index contributed by atoms with van der Waals surface area (Å²) in [5.74, 6) is -0.619. The van der Waals surface area contributed by atoms with Gasteiger partial charge in [0.25, 0.3) is 5.91 Å². The number of rotatable bonds is 4. The molecule has 0 saturated heterocycles. The predicted molar refractivity (Wildman–Crippen MR) is 101 cm³/mol. The molecule has 2 heterocycles. The van der Waals surface area contributed by atoms with Crippen LogP contribution in [0.5, 0.6) is 0 Å². The van der Waals surface area contributed by atoms with Crippen LogP contribution in [0.3, 0.4) is 0 Å². The fourth-order valence-electron chi connectivity index (χ4n) is 2.66. The number of hydrogen-bond donors (Lipinski definition) is 0. The van der Waals surface area contributed by atoms with Gasteiger partial charge in [-0.25, -0.2) is 9.37 Å². The number of fused-ring (bicyclic) bond motifs is 1. The number of anilines is 1. The van der Waals surface area contributed by atoms with Crippen LogP contribution >= 0.6 is 11.3 Å². The van der Waals surface area contributed by atoms with Crippen LogP contribution in [0.4, 0.5) is 10.1 Å². The van der Waals surface area contributed by atoms with Gasteiger partial charge in [0.2, 0.25) is 0 Å². The monoisotopic (exact) mass is 363 g/mol. The zero-order chi connectivity index (χ0) is 17.9. The van der Waals surface area contributed by atoms with Crippen molar-refractivity contribution in [2.75, 3.05) is 4.90 Å². The molecule has 0 fully saturated rings. The second-order valence-electron chi connectivity index (χ2n) is 5.69. The second-order valence-corrected chi connectivity index (χ2v) is 6.72. The summed E-state index contributed by atoms with van der Waals surface area (Å²) in [5.41, 5.74) is 2.26. The Hall–Kier alpha value is -3.12. The smallest absolute Gasteiger partial charge is 0.278 e. The number of carbonyl (C=O) groups is 1. The van der Waals surface area contributed by atoms with Crippen molar-refractivity contribution in [2.24, 2.45) is 0 Å². The Balaban J connectivity index is 1.73. The number of hydrogen-bond acceptors (Lipinski definition) is 4. The van der Waals surface area contributed by atoms with Crippen molar-refractivity contribution in [3.05, 3.63) is 88.6 Å². The first-order valence-corrected chi connectivity index (χ1v) is 8.90. The predicted octanol–water partition coefficient (Wildman–Crippen LogP) is 4.68. The molecule has 6 heteroatoms. The van der Waals surface area contributed by atoms with Crippen molar-refractivity contribution < 1.29 is 9.18 Å². The molecule has 128 valence electrons. The van der Waals surface area contributed by atoms with Crippen molar-refractivity contribution in [3.63, 3.8) is 0 Å². The molecule has 26 heavy (non-hydrogen) atoms. The van der Waals surface area contributed by atoms with Crippen LogP contribution in [0.25, 0.3) is 11.0 Å². The number of benzene rings is 2. The van der Waals surface area contributed by atoms with E-state index in [1.165, 1.54) is 18.3 Å². The minimum atomic E-state index is -0.345. The third-order valence-electron chi connectivity index (χ3n) is 3.95. The van der Waals surface area contributed by atoms with E-state index in [2.05, 4.69) is 9.97 Å². The molecule has 0 atom stereocenters. The van der Waals surface area contributed by atoms with E-state index in [0.29, 0.717) is 17.7 Å². The Morgan fingerprint density at radius 1 is 1.00 bits per heavy atom. The van der Waals surface area contributed by atoms with E-state index in [1.54, 1.807) is 28.4 Å². The number of thiophene rings is 1. The molecule has 0 spiro atoms. The highest BCUT2D eigenvalue weighted by Crippen LogP contribution is 2.22. The van der Waals surface area contributed by atoms with E-state index in [9.17, 15) is 9.18 Å². The maximum atomic E-state index is 13.3. The molecule has 4 nitrogen and oxygen atoms in total. The first-order valence-electron chi connectivity index (χ1n) is 8.02. The van der Waals surface area contributed by atoms with E-state index in [-0.39, 0.29) is 17.4 Å². The molecule has 4 rings (SSSR count). The average Bonchev–Trinajstić information content (AvgIpc) is 3.19. The van der Waals surface area contributed by atoms with Gasteiger partial charge in [0.15, 0.2) is 0 Å². The van der Waals surface area contributed by atoms with Gasteiger partial charge in [-0.1, -0.05) is 18.2 Å². The van der Waals surface area contributed by atoms with Crippen LogP contribution in [-0.2, 0) is 6.54 Å². The summed E-state index contributed by atoms with van der Waals surface area (Å²) in [6, 6.07) is 17.2. The number of amides is 1. The molecule has 4 aromatic rings. The van der Waals surface area contributed by atoms with Gasteiger partial charge in [0.05, 0.1) is 23.8 Å². The Morgan fingerprint density at radius 2 is 1.77 bits per heavy atom. The third kappa shape index (κ3) is 3.32. The van der Waals surface area contributed by atoms with Gasteiger partial charge in [0, 0.05) is 10.6 Å². The van der Waals surface area contributed by atoms with E-state index in [1.807, 2.05) is 41.8 Å². The lowest BCUT2D eigenvalue weighted by Crippen LogP contribution is -2.31. The fraction of sp³-hybridized carbons (Fsp3) is 0.0500. The highest BCUT2D eigenvalue weighted by Gasteiger charge is 2.20. The molecule has 0 bridgehead atoms. The first kappa shape index (κ1) is 16.4. The van der Waals surface area contributed by atoms with Crippen molar-refractivity contribution in [1.82, 2.24) is 9.97 Å². The van der Waals surface area contributed by atoms with Crippen LogP contribution in [0.15, 0.2) is 72.2 Å². The lowest BCUT2D eigenvalue weighted by atomic mass is 10.2.